The molecule has 2 aromatic rings. The van der Waals surface area contributed by atoms with Crippen LogP contribution in [0.25, 0.3) is 0 Å². The molecule has 0 aliphatic carbocycles. The quantitative estimate of drug-likeness (QED) is 0.862. The van der Waals surface area contributed by atoms with Crippen LogP contribution in [0.4, 0.5) is 5.69 Å². The molecule has 0 saturated carbocycles. The van der Waals surface area contributed by atoms with Crippen molar-refractivity contribution in [3.63, 3.8) is 0 Å². The molecule has 1 heterocycles. The van der Waals surface area contributed by atoms with Crippen LogP contribution < -0.4 is 10.2 Å². The molecule has 0 aliphatic heterocycles. The second-order valence-corrected chi connectivity index (χ2v) is 4.76. The molecule has 4 nitrogen and oxygen atoms in total. The first-order valence-corrected chi connectivity index (χ1v) is 6.67. The number of aromatic nitrogens is 2. The highest BCUT2D eigenvalue weighted by Gasteiger charge is 2.05. The van der Waals surface area contributed by atoms with E-state index in [1.165, 1.54) is 11.3 Å². The van der Waals surface area contributed by atoms with Gasteiger partial charge in [0.25, 0.3) is 0 Å². The molecular weight excluding hydrogens is 236 g/mol. The zero-order valence-electron chi connectivity index (χ0n) is 11.9. The summed E-state index contributed by atoms with van der Waals surface area (Å²) >= 11 is 0. The molecular formula is C15H22N4. The Balaban J connectivity index is 1.99. The van der Waals surface area contributed by atoms with Crippen LogP contribution in [0, 0.1) is 0 Å². The lowest BCUT2D eigenvalue weighted by Gasteiger charge is -2.19. The lowest BCUT2D eigenvalue weighted by Crippen LogP contribution is -2.19. The van der Waals surface area contributed by atoms with E-state index in [4.69, 9.17) is 0 Å². The van der Waals surface area contributed by atoms with Crippen molar-refractivity contribution >= 4 is 5.69 Å². The van der Waals surface area contributed by atoms with Gasteiger partial charge in [-0.2, -0.15) is 0 Å². The maximum absolute atomic E-state index is 4.35. The van der Waals surface area contributed by atoms with Crippen molar-refractivity contribution in [1.29, 1.82) is 0 Å². The molecule has 19 heavy (non-hydrogen) atoms. The van der Waals surface area contributed by atoms with Gasteiger partial charge in [-0.3, -0.25) is 0 Å². The second kappa shape index (κ2) is 6.38. The van der Waals surface area contributed by atoms with E-state index in [2.05, 4.69) is 58.0 Å². The third-order valence-electron chi connectivity index (χ3n) is 3.26. The number of imidazole rings is 1. The van der Waals surface area contributed by atoms with E-state index in [1.54, 1.807) is 0 Å². The van der Waals surface area contributed by atoms with Gasteiger partial charge < -0.3 is 14.8 Å². The summed E-state index contributed by atoms with van der Waals surface area (Å²) in [5.74, 6) is 1.07. The van der Waals surface area contributed by atoms with Gasteiger partial charge in [0.05, 0.1) is 6.54 Å². The predicted octanol–water partition coefficient (Wildman–Crippen LogP) is 2.17. The van der Waals surface area contributed by atoms with Gasteiger partial charge in [-0.1, -0.05) is 19.1 Å². The van der Waals surface area contributed by atoms with Crippen LogP contribution in [0.2, 0.25) is 0 Å². The Morgan fingerprint density at radius 3 is 2.58 bits per heavy atom. The number of anilines is 1. The molecule has 0 unspecified atom stereocenters. The fourth-order valence-electron chi connectivity index (χ4n) is 1.99. The minimum absolute atomic E-state index is 0.816. The third-order valence-corrected chi connectivity index (χ3v) is 3.26. The summed E-state index contributed by atoms with van der Waals surface area (Å²) in [6.45, 7) is 4.87. The zero-order chi connectivity index (χ0) is 13.7. The fourth-order valence-corrected chi connectivity index (χ4v) is 1.99. The average molecular weight is 258 g/mol. The van der Waals surface area contributed by atoms with Crippen LogP contribution in [-0.2, 0) is 20.1 Å². The van der Waals surface area contributed by atoms with Gasteiger partial charge in [0.1, 0.15) is 5.82 Å². The Kier molecular flexibility index (Phi) is 4.58. The van der Waals surface area contributed by atoms with Gasteiger partial charge in [0.15, 0.2) is 0 Å². The molecule has 0 amide bonds. The summed E-state index contributed by atoms with van der Waals surface area (Å²) in [6.07, 6.45) is 3.81. The van der Waals surface area contributed by atoms with Crippen LogP contribution in [0.15, 0.2) is 36.7 Å². The molecule has 1 aromatic heterocycles. The molecule has 0 atom stereocenters. The van der Waals surface area contributed by atoms with Gasteiger partial charge in [0.2, 0.25) is 0 Å². The molecule has 0 aliphatic rings. The Labute approximate surface area is 115 Å². The fraction of sp³-hybridized carbons (Fsp3) is 0.400. The summed E-state index contributed by atoms with van der Waals surface area (Å²) in [5.41, 5.74) is 2.53. The number of aryl methyl sites for hydroxylation is 1. The van der Waals surface area contributed by atoms with Gasteiger partial charge in [-0.15, -0.1) is 0 Å². The van der Waals surface area contributed by atoms with Gasteiger partial charge >= 0.3 is 0 Å². The van der Waals surface area contributed by atoms with Crippen LogP contribution in [0.5, 0.6) is 0 Å². The largest absolute Gasteiger partial charge is 0.367 e. The standard InChI is InChI=1S/C15H22N4/c1-4-16-11-13-5-7-14(8-6-13)19(3)12-15-17-9-10-18(15)2/h5-10,16H,4,11-12H2,1-3H3. The van der Waals surface area contributed by atoms with E-state index in [1.807, 2.05) is 19.4 Å². The number of nitrogens with zero attached hydrogens (tertiary/aromatic N) is 3. The Bertz CT molecular complexity index is 501. The average Bonchev–Trinajstić information content (AvgIpc) is 2.82. The highest BCUT2D eigenvalue weighted by Crippen LogP contribution is 2.15. The molecule has 1 N–H and O–H groups in total. The van der Waals surface area contributed by atoms with E-state index in [9.17, 15) is 0 Å². The monoisotopic (exact) mass is 258 g/mol. The zero-order valence-corrected chi connectivity index (χ0v) is 11.9. The molecule has 0 bridgehead atoms. The summed E-state index contributed by atoms with van der Waals surface area (Å²) in [5, 5.41) is 3.33. The van der Waals surface area contributed by atoms with E-state index < -0.39 is 0 Å². The molecule has 0 fully saturated rings. The lowest BCUT2D eigenvalue weighted by molar-refractivity contribution is 0.726. The minimum atomic E-state index is 0.816. The first-order valence-electron chi connectivity index (χ1n) is 6.67. The van der Waals surface area contributed by atoms with Crippen LogP contribution in [-0.4, -0.2) is 23.1 Å². The van der Waals surface area contributed by atoms with Crippen molar-refractivity contribution in [2.45, 2.75) is 20.0 Å². The first kappa shape index (κ1) is 13.6. The van der Waals surface area contributed by atoms with Crippen molar-refractivity contribution in [3.8, 4) is 0 Å². The molecule has 4 heteroatoms. The maximum atomic E-state index is 4.35. The smallest absolute Gasteiger partial charge is 0.127 e. The normalized spacial score (nSPS) is 10.7. The Morgan fingerprint density at radius 2 is 2.00 bits per heavy atom. The second-order valence-electron chi connectivity index (χ2n) is 4.76. The molecule has 0 radical (unpaired) electrons. The lowest BCUT2D eigenvalue weighted by atomic mass is 10.2. The Hall–Kier alpha value is -1.81. The number of benzene rings is 1. The first-order chi connectivity index (χ1) is 9.20. The summed E-state index contributed by atoms with van der Waals surface area (Å²) < 4.78 is 2.05. The predicted molar refractivity (Wildman–Crippen MR) is 79.1 cm³/mol. The van der Waals surface area contributed by atoms with E-state index >= 15 is 0 Å². The van der Waals surface area contributed by atoms with Crippen molar-refractivity contribution in [2.24, 2.45) is 7.05 Å². The molecule has 0 spiro atoms. The topological polar surface area (TPSA) is 33.1 Å². The Morgan fingerprint density at radius 1 is 1.26 bits per heavy atom. The summed E-state index contributed by atoms with van der Waals surface area (Å²) in [4.78, 5) is 6.56. The third kappa shape index (κ3) is 3.58. The van der Waals surface area contributed by atoms with Crippen LogP contribution >= 0.6 is 0 Å². The number of nitrogens with one attached hydrogen (secondary N) is 1. The highest BCUT2D eigenvalue weighted by atomic mass is 15.2. The number of rotatable bonds is 6. The molecule has 0 saturated heterocycles. The number of hydrogen-bond donors (Lipinski definition) is 1. The van der Waals surface area contributed by atoms with Crippen molar-refractivity contribution < 1.29 is 0 Å². The number of hydrogen-bond acceptors (Lipinski definition) is 3. The van der Waals surface area contributed by atoms with E-state index in [0.717, 1.165) is 25.5 Å². The summed E-state index contributed by atoms with van der Waals surface area (Å²) in [6, 6.07) is 8.67. The van der Waals surface area contributed by atoms with Crippen molar-refractivity contribution in [1.82, 2.24) is 14.9 Å². The highest BCUT2D eigenvalue weighted by molar-refractivity contribution is 5.46. The molecule has 102 valence electrons. The van der Waals surface area contributed by atoms with Crippen molar-refractivity contribution in [2.75, 3.05) is 18.5 Å². The van der Waals surface area contributed by atoms with E-state index in [0.29, 0.717) is 0 Å². The SMILES string of the molecule is CCNCc1ccc(N(C)Cc2nccn2C)cc1. The van der Waals surface area contributed by atoms with Gasteiger partial charge in [-0.05, 0) is 24.2 Å². The van der Waals surface area contributed by atoms with Gasteiger partial charge in [-0.25, -0.2) is 4.98 Å². The van der Waals surface area contributed by atoms with Crippen molar-refractivity contribution in [3.05, 3.63) is 48.0 Å². The maximum Gasteiger partial charge on any atom is 0.127 e. The van der Waals surface area contributed by atoms with E-state index in [-0.39, 0.29) is 0 Å². The van der Waals surface area contributed by atoms with Gasteiger partial charge in [0, 0.05) is 38.7 Å². The molecule has 2 rings (SSSR count). The summed E-state index contributed by atoms with van der Waals surface area (Å²) in [7, 11) is 4.11. The molecule has 1 aromatic carbocycles. The minimum Gasteiger partial charge on any atom is -0.367 e. The van der Waals surface area contributed by atoms with Crippen LogP contribution in [0.3, 0.4) is 0 Å². The van der Waals surface area contributed by atoms with Crippen LogP contribution in [0.1, 0.15) is 18.3 Å².